The summed E-state index contributed by atoms with van der Waals surface area (Å²) in [5.41, 5.74) is 0.540. The van der Waals surface area contributed by atoms with Gasteiger partial charge in [0.05, 0.1) is 5.50 Å². The molecule has 2 nitrogen and oxygen atoms in total. The molecule has 0 aliphatic rings. The van der Waals surface area contributed by atoms with Crippen molar-refractivity contribution in [1.82, 2.24) is 0 Å². The van der Waals surface area contributed by atoms with Crippen LogP contribution in [0, 0.1) is 0 Å². The van der Waals surface area contributed by atoms with E-state index in [1.807, 2.05) is 0 Å². The molecule has 0 heterocycles. The molecule has 12 heavy (non-hydrogen) atoms. The van der Waals surface area contributed by atoms with Gasteiger partial charge in [0.15, 0.2) is 18.1 Å². The van der Waals surface area contributed by atoms with E-state index < -0.39 is 26.6 Å². The Kier molecular flexibility index (Phi) is 5.96. The molecule has 0 amide bonds. The van der Waals surface area contributed by atoms with Gasteiger partial charge in [0.25, 0.3) is 0 Å². The van der Waals surface area contributed by atoms with Crippen molar-refractivity contribution in [2.45, 2.75) is 32.7 Å². The maximum absolute atomic E-state index is 5.84. The summed E-state index contributed by atoms with van der Waals surface area (Å²) in [6, 6.07) is 0. The van der Waals surface area contributed by atoms with Crippen molar-refractivity contribution in [2.24, 2.45) is 0 Å². The molecule has 0 atom stereocenters. The van der Waals surface area contributed by atoms with Crippen molar-refractivity contribution in [2.75, 3.05) is 5.50 Å². The Morgan fingerprint density at radius 1 is 1.08 bits per heavy atom. The van der Waals surface area contributed by atoms with Crippen molar-refractivity contribution in [3.63, 3.8) is 0 Å². The maximum Gasteiger partial charge on any atom is 0.329 e. The van der Waals surface area contributed by atoms with Gasteiger partial charge in [0.1, 0.15) is 0 Å². The van der Waals surface area contributed by atoms with Crippen LogP contribution in [0.5, 0.6) is 0 Å². The molecular formula is C6H17ClO2Si3. The average molecular weight is 241 g/mol. The van der Waals surface area contributed by atoms with Crippen molar-refractivity contribution >= 4 is 38.2 Å². The van der Waals surface area contributed by atoms with Gasteiger partial charge in [-0.1, -0.05) is 0 Å². The van der Waals surface area contributed by atoms with Crippen molar-refractivity contribution < 1.29 is 8.23 Å². The molecule has 0 fully saturated rings. The van der Waals surface area contributed by atoms with E-state index in [1.165, 1.54) is 0 Å². The van der Waals surface area contributed by atoms with E-state index in [1.54, 1.807) is 0 Å². The van der Waals surface area contributed by atoms with Crippen LogP contribution in [0.1, 0.15) is 0 Å². The molecule has 0 aromatic rings. The van der Waals surface area contributed by atoms with Gasteiger partial charge in [0, 0.05) is 0 Å². The first-order valence-electron chi connectivity index (χ1n) is 3.94. The number of alkyl halides is 1. The number of hydrogen-bond donors (Lipinski definition) is 0. The van der Waals surface area contributed by atoms with Crippen LogP contribution in [-0.2, 0) is 8.23 Å². The lowest BCUT2D eigenvalue weighted by molar-refractivity contribution is 0.413. The highest BCUT2D eigenvalue weighted by Crippen LogP contribution is 2.12. The molecule has 0 saturated heterocycles. The minimum Gasteiger partial charge on any atom is -0.436 e. The minimum absolute atomic E-state index is 0.540. The summed E-state index contributed by atoms with van der Waals surface area (Å²) in [6.45, 7) is 10.5. The zero-order valence-corrected chi connectivity index (χ0v) is 12.2. The zero-order chi connectivity index (χ0) is 9.78. The third-order valence-corrected chi connectivity index (χ3v) is 9.75. The lowest BCUT2D eigenvalue weighted by Crippen LogP contribution is -2.47. The third-order valence-electron chi connectivity index (χ3n) is 1.08. The van der Waals surface area contributed by atoms with Crippen LogP contribution in [0.4, 0.5) is 0 Å². The fourth-order valence-corrected chi connectivity index (χ4v) is 9.81. The molecule has 72 valence electrons. The summed E-state index contributed by atoms with van der Waals surface area (Å²) < 4.78 is 11.6. The van der Waals surface area contributed by atoms with E-state index in [9.17, 15) is 0 Å². The average Bonchev–Trinajstić information content (AvgIpc) is 1.83. The molecule has 0 N–H and O–H groups in total. The van der Waals surface area contributed by atoms with Crippen LogP contribution in [0.3, 0.4) is 0 Å². The van der Waals surface area contributed by atoms with Crippen LogP contribution in [0.15, 0.2) is 0 Å². The van der Waals surface area contributed by atoms with Crippen molar-refractivity contribution in [3.05, 3.63) is 0 Å². The van der Waals surface area contributed by atoms with Crippen molar-refractivity contribution in [1.29, 1.82) is 0 Å². The Hall–Kier alpha value is 0.861. The monoisotopic (exact) mass is 240 g/mol. The first kappa shape index (κ1) is 12.9. The van der Waals surface area contributed by atoms with Crippen LogP contribution < -0.4 is 0 Å². The van der Waals surface area contributed by atoms with Gasteiger partial charge in [-0.3, -0.25) is 0 Å². The van der Waals surface area contributed by atoms with Gasteiger partial charge in [-0.05, 0) is 32.7 Å². The summed E-state index contributed by atoms with van der Waals surface area (Å²) in [6.07, 6.45) is 0. The lowest BCUT2D eigenvalue weighted by atomic mass is 11.9. The Morgan fingerprint density at radius 3 is 1.58 bits per heavy atom. The molecule has 2 radical (unpaired) electrons. The summed E-state index contributed by atoms with van der Waals surface area (Å²) in [7, 11) is -3.35. The van der Waals surface area contributed by atoms with Gasteiger partial charge < -0.3 is 8.23 Å². The summed E-state index contributed by atoms with van der Waals surface area (Å²) in [5, 5.41) is 0. The van der Waals surface area contributed by atoms with Crippen LogP contribution >= 0.6 is 11.6 Å². The lowest BCUT2D eigenvalue weighted by Gasteiger charge is -2.28. The van der Waals surface area contributed by atoms with E-state index in [-0.39, 0.29) is 0 Å². The van der Waals surface area contributed by atoms with E-state index in [0.717, 1.165) is 0 Å². The predicted molar refractivity (Wildman–Crippen MR) is 59.5 cm³/mol. The molecule has 0 aromatic carbocycles. The topological polar surface area (TPSA) is 18.5 Å². The number of halogens is 1. The first-order chi connectivity index (χ1) is 5.39. The second-order valence-corrected chi connectivity index (χ2v) is 11.9. The Morgan fingerprint density at radius 2 is 1.42 bits per heavy atom. The summed E-state index contributed by atoms with van der Waals surface area (Å²) in [5.74, 6) is 0. The summed E-state index contributed by atoms with van der Waals surface area (Å²) >= 11 is 5.84. The van der Waals surface area contributed by atoms with Crippen molar-refractivity contribution in [3.8, 4) is 0 Å². The second-order valence-electron chi connectivity index (χ2n) is 3.29. The Bertz CT molecular complexity index is 122. The zero-order valence-electron chi connectivity index (χ0n) is 8.40. The molecule has 0 spiro atoms. The molecule has 0 rings (SSSR count). The molecule has 0 aliphatic carbocycles. The largest absolute Gasteiger partial charge is 0.436 e. The van der Waals surface area contributed by atoms with Gasteiger partial charge in [-0.2, -0.15) is 0 Å². The molecule has 0 unspecified atom stereocenters. The molecule has 0 bridgehead atoms. The van der Waals surface area contributed by atoms with E-state index >= 15 is 0 Å². The quantitative estimate of drug-likeness (QED) is 0.543. The number of hydrogen-bond acceptors (Lipinski definition) is 2. The van der Waals surface area contributed by atoms with Gasteiger partial charge in [-0.15, -0.1) is 11.6 Å². The molecule has 0 aliphatic heterocycles. The summed E-state index contributed by atoms with van der Waals surface area (Å²) in [4.78, 5) is 0. The highest BCUT2D eigenvalue weighted by Gasteiger charge is 2.32. The standard InChI is InChI=1S/C6H17ClO2Si3/c1-10(2)8-12(5,6-7)9-11(3)4/h6H2,1-5H3. The van der Waals surface area contributed by atoms with E-state index in [0.29, 0.717) is 5.50 Å². The van der Waals surface area contributed by atoms with E-state index in [2.05, 4.69) is 32.7 Å². The predicted octanol–water partition coefficient (Wildman–Crippen LogP) is 2.37. The second kappa shape index (κ2) is 5.56. The van der Waals surface area contributed by atoms with E-state index in [4.69, 9.17) is 19.8 Å². The molecule has 6 heteroatoms. The Balaban J connectivity index is 4.04. The fraction of sp³-hybridized carbons (Fsp3) is 1.00. The van der Waals surface area contributed by atoms with Gasteiger partial charge in [-0.25, -0.2) is 0 Å². The smallest absolute Gasteiger partial charge is 0.329 e. The molecule has 0 saturated carbocycles. The minimum atomic E-state index is -1.99. The molecule has 0 aromatic heterocycles. The number of rotatable bonds is 5. The van der Waals surface area contributed by atoms with Crippen LogP contribution in [0.25, 0.3) is 0 Å². The third kappa shape index (κ3) is 5.50. The maximum atomic E-state index is 5.84. The van der Waals surface area contributed by atoms with Gasteiger partial charge in [0.2, 0.25) is 0 Å². The SMILES string of the molecule is C[Si](C)O[Si](C)(CCl)O[Si](C)C. The van der Waals surface area contributed by atoms with Crippen LogP contribution in [0.2, 0.25) is 32.7 Å². The van der Waals surface area contributed by atoms with Gasteiger partial charge >= 0.3 is 8.56 Å². The van der Waals surface area contributed by atoms with Crippen LogP contribution in [-0.4, -0.2) is 32.1 Å². The first-order valence-corrected chi connectivity index (χ1v) is 11.8. The normalized spacial score (nSPS) is 13.0. The molecular weight excluding hydrogens is 224 g/mol. The fourth-order valence-electron chi connectivity index (χ4n) is 0.939. The Labute approximate surface area is 84.9 Å². The highest BCUT2D eigenvalue weighted by atomic mass is 35.5. The highest BCUT2D eigenvalue weighted by molar-refractivity contribution is 6.83.